The van der Waals surface area contributed by atoms with Crippen LogP contribution in [0.1, 0.15) is 11.7 Å². The van der Waals surface area contributed by atoms with E-state index in [2.05, 4.69) is 4.99 Å². The van der Waals surface area contributed by atoms with Crippen molar-refractivity contribution in [3.63, 3.8) is 0 Å². The van der Waals surface area contributed by atoms with Gasteiger partial charge in [-0.15, -0.1) is 11.6 Å². The molecule has 4 heteroatoms. The van der Waals surface area contributed by atoms with E-state index in [0.29, 0.717) is 18.4 Å². The molecule has 1 aromatic carbocycles. The van der Waals surface area contributed by atoms with Gasteiger partial charge >= 0.3 is 0 Å². The van der Waals surface area contributed by atoms with Crippen LogP contribution in [0.3, 0.4) is 0 Å². The van der Waals surface area contributed by atoms with Gasteiger partial charge in [0.05, 0.1) is 12.5 Å². The van der Waals surface area contributed by atoms with Gasteiger partial charge in [-0.1, -0.05) is 30.3 Å². The van der Waals surface area contributed by atoms with Crippen LogP contribution in [0.5, 0.6) is 0 Å². The molecule has 0 unspecified atom stereocenters. The molecule has 0 spiro atoms. The van der Waals surface area contributed by atoms with Gasteiger partial charge in [0.2, 0.25) is 0 Å². The first-order valence-corrected chi connectivity index (χ1v) is 5.71. The summed E-state index contributed by atoms with van der Waals surface area (Å²) in [7, 11) is 1.66. The third-order valence-corrected chi connectivity index (χ3v) is 2.73. The maximum Gasteiger partial charge on any atom is 0.199 e. The minimum absolute atomic E-state index is 0.00106. The number of ether oxygens (including phenoxy) is 2. The lowest BCUT2D eigenvalue weighted by Crippen LogP contribution is -2.19. The number of nitrogens with zero attached hydrogens (tertiary/aromatic N) is 1. The molecule has 0 radical (unpaired) electrons. The van der Waals surface area contributed by atoms with Crippen molar-refractivity contribution in [3.8, 4) is 0 Å². The summed E-state index contributed by atoms with van der Waals surface area (Å²) >= 11 is 5.73. The van der Waals surface area contributed by atoms with E-state index in [0.717, 1.165) is 5.56 Å². The van der Waals surface area contributed by atoms with Gasteiger partial charge in [-0.05, 0) is 5.56 Å². The van der Waals surface area contributed by atoms with E-state index < -0.39 is 0 Å². The third kappa shape index (κ3) is 2.36. The van der Waals surface area contributed by atoms with Crippen molar-refractivity contribution in [2.24, 2.45) is 4.99 Å². The highest BCUT2D eigenvalue weighted by Crippen LogP contribution is 2.29. The summed E-state index contributed by atoms with van der Waals surface area (Å²) in [4.78, 5) is 4.39. The van der Waals surface area contributed by atoms with Crippen LogP contribution in [-0.4, -0.2) is 31.5 Å². The van der Waals surface area contributed by atoms with Crippen LogP contribution >= 0.6 is 11.6 Å². The Kier molecular flexibility index (Phi) is 3.80. The minimum Gasteiger partial charge on any atom is -0.470 e. The Labute approximate surface area is 100 Å². The number of alkyl halides is 1. The van der Waals surface area contributed by atoms with Gasteiger partial charge in [0.1, 0.15) is 12.1 Å². The summed E-state index contributed by atoms with van der Waals surface area (Å²) in [6.07, 6.45) is -0.0742. The standard InChI is InChI=1S/C12H14ClNO2/c1-15-8-10-12(16-11(7-13)14-10)9-5-3-2-4-6-9/h2-6,10,12H,7-8H2,1H3/t10-,12-/m0/s1. The number of halogens is 1. The second kappa shape index (κ2) is 5.32. The normalized spacial score (nSPS) is 24.0. The van der Waals surface area contributed by atoms with Crippen molar-refractivity contribution in [1.29, 1.82) is 0 Å². The number of methoxy groups -OCH3 is 1. The van der Waals surface area contributed by atoms with Crippen molar-refractivity contribution in [1.82, 2.24) is 0 Å². The quantitative estimate of drug-likeness (QED) is 0.756. The molecule has 0 fully saturated rings. The molecule has 2 atom stereocenters. The van der Waals surface area contributed by atoms with E-state index >= 15 is 0 Å². The molecule has 3 nitrogen and oxygen atoms in total. The zero-order chi connectivity index (χ0) is 11.4. The highest BCUT2D eigenvalue weighted by Gasteiger charge is 2.31. The lowest BCUT2D eigenvalue weighted by molar-refractivity contribution is 0.120. The number of hydrogen-bond donors (Lipinski definition) is 0. The number of aliphatic imine (C=N–C) groups is 1. The van der Waals surface area contributed by atoms with Gasteiger partial charge in [-0.2, -0.15) is 0 Å². The predicted molar refractivity (Wildman–Crippen MR) is 64.1 cm³/mol. The summed E-state index contributed by atoms with van der Waals surface area (Å²) in [6, 6.07) is 10.0. The molecular formula is C12H14ClNO2. The summed E-state index contributed by atoms with van der Waals surface area (Å²) in [5.41, 5.74) is 1.11. The molecule has 0 N–H and O–H groups in total. The largest absolute Gasteiger partial charge is 0.470 e. The second-order valence-corrected chi connectivity index (χ2v) is 3.90. The van der Waals surface area contributed by atoms with Crippen molar-refractivity contribution < 1.29 is 9.47 Å². The van der Waals surface area contributed by atoms with Crippen molar-refractivity contribution >= 4 is 17.5 Å². The van der Waals surface area contributed by atoms with Crippen LogP contribution < -0.4 is 0 Å². The average molecular weight is 240 g/mol. The van der Waals surface area contributed by atoms with E-state index in [1.165, 1.54) is 0 Å². The lowest BCUT2D eigenvalue weighted by atomic mass is 10.0. The monoisotopic (exact) mass is 239 g/mol. The van der Waals surface area contributed by atoms with Gasteiger partial charge in [0, 0.05) is 7.11 Å². The van der Waals surface area contributed by atoms with E-state index in [4.69, 9.17) is 21.1 Å². The van der Waals surface area contributed by atoms with Crippen LogP contribution in [0.2, 0.25) is 0 Å². The zero-order valence-electron chi connectivity index (χ0n) is 9.10. The van der Waals surface area contributed by atoms with E-state index in [9.17, 15) is 0 Å². The Morgan fingerprint density at radius 1 is 1.38 bits per heavy atom. The Balaban J connectivity index is 2.16. The van der Waals surface area contributed by atoms with Crippen LogP contribution in [0.25, 0.3) is 0 Å². The number of hydrogen-bond acceptors (Lipinski definition) is 3. The maximum absolute atomic E-state index is 5.73. The Hall–Kier alpha value is -1.06. The second-order valence-electron chi connectivity index (χ2n) is 3.63. The fourth-order valence-electron chi connectivity index (χ4n) is 1.80. The van der Waals surface area contributed by atoms with Gasteiger partial charge in [0.25, 0.3) is 0 Å². The van der Waals surface area contributed by atoms with Gasteiger partial charge in [-0.25, -0.2) is 4.99 Å². The Morgan fingerprint density at radius 2 is 2.12 bits per heavy atom. The predicted octanol–water partition coefficient (Wildman–Crippen LogP) is 2.41. The zero-order valence-corrected chi connectivity index (χ0v) is 9.85. The van der Waals surface area contributed by atoms with Crippen molar-refractivity contribution in [2.75, 3.05) is 19.6 Å². The van der Waals surface area contributed by atoms with Crippen LogP contribution in [0.15, 0.2) is 35.3 Å². The van der Waals surface area contributed by atoms with Gasteiger partial charge in [-0.3, -0.25) is 0 Å². The molecule has 0 saturated heterocycles. The fraction of sp³-hybridized carbons (Fsp3) is 0.417. The summed E-state index contributed by atoms with van der Waals surface area (Å²) in [5.74, 6) is 0.904. The molecule has 0 aliphatic carbocycles. The first kappa shape index (κ1) is 11.4. The molecule has 1 aliphatic heterocycles. The molecule has 0 aromatic heterocycles. The maximum atomic E-state index is 5.73. The topological polar surface area (TPSA) is 30.8 Å². The highest BCUT2D eigenvalue weighted by atomic mass is 35.5. The van der Waals surface area contributed by atoms with Crippen LogP contribution in [0, 0.1) is 0 Å². The first-order valence-electron chi connectivity index (χ1n) is 5.18. The number of rotatable bonds is 4. The molecule has 86 valence electrons. The summed E-state index contributed by atoms with van der Waals surface area (Å²) in [5, 5.41) is 0. The molecule has 16 heavy (non-hydrogen) atoms. The number of benzene rings is 1. The summed E-state index contributed by atoms with van der Waals surface area (Å²) in [6.45, 7) is 0.542. The fourth-order valence-corrected chi connectivity index (χ4v) is 1.93. The summed E-state index contributed by atoms with van der Waals surface area (Å²) < 4.78 is 10.8. The molecule has 0 saturated carbocycles. The van der Waals surface area contributed by atoms with Gasteiger partial charge in [0.15, 0.2) is 5.90 Å². The van der Waals surface area contributed by atoms with E-state index in [1.807, 2.05) is 30.3 Å². The molecule has 0 amide bonds. The molecular weight excluding hydrogens is 226 g/mol. The van der Waals surface area contributed by atoms with Crippen LogP contribution in [-0.2, 0) is 9.47 Å². The smallest absolute Gasteiger partial charge is 0.199 e. The highest BCUT2D eigenvalue weighted by molar-refractivity contribution is 6.27. The Morgan fingerprint density at radius 3 is 2.75 bits per heavy atom. The molecule has 1 heterocycles. The average Bonchev–Trinajstić information content (AvgIpc) is 2.74. The van der Waals surface area contributed by atoms with E-state index in [1.54, 1.807) is 7.11 Å². The van der Waals surface area contributed by atoms with Gasteiger partial charge < -0.3 is 9.47 Å². The SMILES string of the molecule is COC[C@@H]1N=C(CCl)O[C@H]1c1ccccc1. The van der Waals surface area contributed by atoms with Crippen molar-refractivity contribution in [2.45, 2.75) is 12.1 Å². The molecule has 1 aromatic rings. The molecule has 0 bridgehead atoms. The molecule has 1 aliphatic rings. The third-order valence-electron chi connectivity index (χ3n) is 2.50. The molecule has 2 rings (SSSR count). The van der Waals surface area contributed by atoms with Crippen molar-refractivity contribution in [3.05, 3.63) is 35.9 Å². The first-order chi connectivity index (χ1) is 7.85. The van der Waals surface area contributed by atoms with Crippen LogP contribution in [0.4, 0.5) is 0 Å². The lowest BCUT2D eigenvalue weighted by Gasteiger charge is -2.17. The Bertz CT molecular complexity index is 367. The van der Waals surface area contributed by atoms with E-state index in [-0.39, 0.29) is 12.1 Å². The minimum atomic E-state index is -0.0742.